The first kappa shape index (κ1) is 20.1. The minimum Gasteiger partial charge on any atom is -0.340 e. The van der Waals surface area contributed by atoms with Gasteiger partial charge in [-0.25, -0.2) is 4.68 Å². The maximum absolute atomic E-state index is 12.7. The average Bonchev–Trinajstić information content (AvgIpc) is 3.22. The minimum absolute atomic E-state index is 0.0191. The van der Waals surface area contributed by atoms with Gasteiger partial charge in [0.2, 0.25) is 5.89 Å². The molecule has 7 nitrogen and oxygen atoms in total. The number of rotatable bonds is 6. The van der Waals surface area contributed by atoms with Crippen LogP contribution in [0.15, 0.2) is 41.1 Å². The Morgan fingerprint density at radius 2 is 1.90 bits per heavy atom. The smallest absolute Gasteiger partial charge is 0.340 e. The van der Waals surface area contributed by atoms with Gasteiger partial charge in [0.05, 0.1) is 5.69 Å². The van der Waals surface area contributed by atoms with Crippen molar-refractivity contribution in [3.8, 4) is 5.69 Å². The molecule has 1 aliphatic rings. The fraction of sp³-hybridized carbons (Fsp3) is 0.400. The zero-order valence-corrected chi connectivity index (χ0v) is 16.3. The number of nitrogens with zero attached hydrogens (tertiary/aromatic N) is 4. The van der Waals surface area contributed by atoms with E-state index in [-0.39, 0.29) is 11.8 Å². The molecule has 2 aromatic heterocycles. The quantitative estimate of drug-likeness (QED) is 0.645. The monoisotopic (exact) mass is 419 g/mol. The van der Waals surface area contributed by atoms with Crippen LogP contribution >= 0.6 is 0 Å². The van der Waals surface area contributed by atoms with Crippen LogP contribution in [0, 0.1) is 5.92 Å². The van der Waals surface area contributed by atoms with Crippen LogP contribution in [0.25, 0.3) is 5.69 Å². The second-order valence-electron chi connectivity index (χ2n) is 7.65. The number of carbonyl (C=O) groups excluding carboxylic acids is 1. The molecule has 1 fully saturated rings. The fourth-order valence-electron chi connectivity index (χ4n) is 3.00. The van der Waals surface area contributed by atoms with Gasteiger partial charge in [-0.15, -0.1) is 0 Å². The summed E-state index contributed by atoms with van der Waals surface area (Å²) >= 11 is 0. The third-order valence-corrected chi connectivity index (χ3v) is 4.89. The molecule has 30 heavy (non-hydrogen) atoms. The van der Waals surface area contributed by atoms with Crippen molar-refractivity contribution in [2.24, 2.45) is 5.92 Å². The average molecular weight is 419 g/mol. The van der Waals surface area contributed by atoms with Gasteiger partial charge in [-0.1, -0.05) is 19.0 Å². The predicted octanol–water partition coefficient (Wildman–Crippen LogP) is 4.28. The highest BCUT2D eigenvalue weighted by molar-refractivity contribution is 5.94. The second kappa shape index (κ2) is 7.58. The number of hydrogen-bond donors (Lipinski definition) is 1. The molecule has 1 aromatic carbocycles. The number of benzene rings is 1. The normalized spacial score (nSPS) is 15.4. The number of hydrogen-bond acceptors (Lipinski definition) is 5. The number of carbonyl (C=O) groups is 1. The van der Waals surface area contributed by atoms with Gasteiger partial charge in [-0.2, -0.15) is 23.3 Å². The summed E-state index contributed by atoms with van der Waals surface area (Å²) in [6, 6.07) is 6.57. The van der Waals surface area contributed by atoms with Crippen molar-refractivity contribution in [3.05, 3.63) is 59.5 Å². The Kier molecular flexibility index (Phi) is 5.08. The van der Waals surface area contributed by atoms with Gasteiger partial charge in [0.25, 0.3) is 5.91 Å². The van der Waals surface area contributed by atoms with Crippen LogP contribution in [0.4, 0.5) is 13.2 Å². The van der Waals surface area contributed by atoms with E-state index in [4.69, 9.17) is 4.52 Å². The molecule has 1 saturated carbocycles. The fourth-order valence-corrected chi connectivity index (χ4v) is 3.00. The Morgan fingerprint density at radius 1 is 1.20 bits per heavy atom. The zero-order valence-electron chi connectivity index (χ0n) is 16.3. The zero-order chi connectivity index (χ0) is 21.5. The van der Waals surface area contributed by atoms with E-state index < -0.39 is 17.9 Å². The van der Waals surface area contributed by atoms with Crippen LogP contribution in [0.3, 0.4) is 0 Å². The maximum Gasteiger partial charge on any atom is 0.435 e. The highest BCUT2D eigenvalue weighted by Crippen LogP contribution is 2.38. The molecule has 1 N–H and O–H groups in total. The van der Waals surface area contributed by atoms with Crippen LogP contribution in [-0.4, -0.2) is 25.8 Å². The lowest BCUT2D eigenvalue weighted by Crippen LogP contribution is -2.32. The first-order chi connectivity index (χ1) is 14.2. The van der Waals surface area contributed by atoms with Crippen molar-refractivity contribution in [1.82, 2.24) is 25.2 Å². The van der Waals surface area contributed by atoms with Crippen molar-refractivity contribution in [2.45, 2.75) is 44.8 Å². The molecular formula is C20H20F3N5O2. The summed E-state index contributed by atoms with van der Waals surface area (Å²) < 4.78 is 44.6. The van der Waals surface area contributed by atoms with Crippen molar-refractivity contribution in [2.75, 3.05) is 0 Å². The van der Waals surface area contributed by atoms with Gasteiger partial charge in [-0.05, 0) is 49.1 Å². The number of aromatic nitrogens is 4. The molecule has 0 saturated heterocycles. The van der Waals surface area contributed by atoms with Crippen LogP contribution in [-0.2, 0) is 6.18 Å². The molecule has 0 bridgehead atoms. The molecule has 0 aliphatic heterocycles. The van der Waals surface area contributed by atoms with Gasteiger partial charge in [0, 0.05) is 17.7 Å². The number of nitrogens with one attached hydrogen (secondary N) is 1. The summed E-state index contributed by atoms with van der Waals surface area (Å²) in [6.07, 6.45) is -1.19. The largest absolute Gasteiger partial charge is 0.435 e. The van der Waals surface area contributed by atoms with Crippen molar-refractivity contribution < 1.29 is 22.5 Å². The Hall–Kier alpha value is -3.17. The van der Waals surface area contributed by atoms with Crippen molar-refractivity contribution in [1.29, 1.82) is 0 Å². The molecule has 10 heteroatoms. The molecular weight excluding hydrogens is 399 g/mol. The highest BCUT2D eigenvalue weighted by atomic mass is 19.4. The van der Waals surface area contributed by atoms with Crippen LogP contribution in [0.5, 0.6) is 0 Å². The maximum atomic E-state index is 12.7. The summed E-state index contributed by atoms with van der Waals surface area (Å²) in [5.41, 5.74) is -0.211. The van der Waals surface area contributed by atoms with Crippen molar-refractivity contribution in [3.63, 3.8) is 0 Å². The summed E-state index contributed by atoms with van der Waals surface area (Å²) in [5, 5.41) is 10.4. The summed E-state index contributed by atoms with van der Waals surface area (Å²) in [4.78, 5) is 17.1. The Labute approximate surface area is 170 Å². The first-order valence-electron chi connectivity index (χ1n) is 9.60. The Morgan fingerprint density at radius 3 is 2.47 bits per heavy atom. The van der Waals surface area contributed by atoms with E-state index in [1.54, 1.807) is 0 Å². The van der Waals surface area contributed by atoms with E-state index in [1.807, 2.05) is 13.8 Å². The molecule has 1 aliphatic carbocycles. The topological polar surface area (TPSA) is 85.8 Å². The van der Waals surface area contributed by atoms with Gasteiger partial charge in [0.1, 0.15) is 6.04 Å². The molecule has 158 valence electrons. The molecule has 4 rings (SSSR count). The van der Waals surface area contributed by atoms with E-state index in [2.05, 4.69) is 20.6 Å². The molecule has 1 amide bonds. The molecule has 0 spiro atoms. The lowest BCUT2D eigenvalue weighted by molar-refractivity contribution is -0.141. The van der Waals surface area contributed by atoms with Crippen LogP contribution in [0.1, 0.15) is 66.4 Å². The molecule has 3 aromatic rings. The summed E-state index contributed by atoms with van der Waals surface area (Å²) in [6.45, 7) is 3.87. The molecule has 1 atom stereocenters. The number of halogens is 3. The van der Waals surface area contributed by atoms with Crippen LogP contribution < -0.4 is 5.32 Å². The lowest BCUT2D eigenvalue weighted by Gasteiger charge is -2.18. The van der Waals surface area contributed by atoms with Gasteiger partial charge >= 0.3 is 6.18 Å². The standard InChI is InChI=1S/C20H20F3N5O2/c1-11(2)16(19-25-17(27-30-19)12-3-4-12)24-18(29)13-5-7-14(8-6-13)28-10-9-15(26-28)20(21,22)23/h5-12,16H,3-4H2,1-2H3,(H,24,29). The summed E-state index contributed by atoms with van der Waals surface area (Å²) in [7, 11) is 0. The SMILES string of the molecule is CC(C)C(NC(=O)c1ccc(-n2ccc(C(F)(F)F)n2)cc1)c1nc(C2CC2)no1. The van der Waals surface area contributed by atoms with E-state index in [0.29, 0.717) is 28.9 Å². The Balaban J connectivity index is 1.47. The summed E-state index contributed by atoms with van der Waals surface area (Å²) in [5.74, 6) is 1.06. The predicted molar refractivity (Wildman–Crippen MR) is 99.9 cm³/mol. The second-order valence-corrected chi connectivity index (χ2v) is 7.65. The van der Waals surface area contributed by atoms with E-state index >= 15 is 0 Å². The third kappa shape index (κ3) is 4.22. The van der Waals surface area contributed by atoms with Gasteiger partial charge in [-0.3, -0.25) is 4.79 Å². The highest BCUT2D eigenvalue weighted by Gasteiger charge is 2.34. The minimum atomic E-state index is -4.51. The molecule has 2 heterocycles. The molecule has 1 unspecified atom stereocenters. The van der Waals surface area contributed by atoms with Crippen LogP contribution in [0.2, 0.25) is 0 Å². The first-order valence-corrected chi connectivity index (χ1v) is 9.60. The van der Waals surface area contributed by atoms with Crippen molar-refractivity contribution >= 4 is 5.91 Å². The van der Waals surface area contributed by atoms with E-state index in [0.717, 1.165) is 23.6 Å². The van der Waals surface area contributed by atoms with Gasteiger partial charge < -0.3 is 9.84 Å². The Bertz CT molecular complexity index is 1040. The molecule has 0 radical (unpaired) electrons. The number of alkyl halides is 3. The van der Waals surface area contributed by atoms with E-state index in [9.17, 15) is 18.0 Å². The van der Waals surface area contributed by atoms with Gasteiger partial charge in [0.15, 0.2) is 11.5 Å². The van der Waals surface area contributed by atoms with E-state index in [1.165, 1.54) is 30.5 Å². The number of amides is 1. The third-order valence-electron chi connectivity index (χ3n) is 4.89. The lowest BCUT2D eigenvalue weighted by atomic mass is 10.0.